The van der Waals surface area contributed by atoms with Crippen molar-refractivity contribution in [2.45, 2.75) is 51.7 Å². The van der Waals surface area contributed by atoms with Crippen LogP contribution in [0, 0.1) is 12.8 Å². The fraction of sp³-hybridized carbons (Fsp3) is 0.417. The maximum atomic E-state index is 13.1. The SMILES string of the molecule is Cc1cc(NC(=O)C(=O)N2C[C@@H](C)CC[C@@H]2c2ccc3c(c2)CCC(=O)N3)cnc1C(F)(F)F. The van der Waals surface area contributed by atoms with Gasteiger partial charge in [0.15, 0.2) is 0 Å². The third kappa shape index (κ3) is 4.90. The first-order chi connectivity index (χ1) is 16.0. The van der Waals surface area contributed by atoms with Crippen molar-refractivity contribution in [3.05, 3.63) is 52.8 Å². The second-order valence-corrected chi connectivity index (χ2v) is 8.96. The molecule has 2 atom stereocenters. The Hall–Kier alpha value is -3.43. The van der Waals surface area contributed by atoms with Crippen LogP contribution in [-0.4, -0.2) is 34.2 Å². The monoisotopic (exact) mass is 474 g/mol. The van der Waals surface area contributed by atoms with Crippen LogP contribution in [-0.2, 0) is 27.0 Å². The molecular formula is C24H25F3N4O3. The van der Waals surface area contributed by atoms with Crippen LogP contribution in [0.1, 0.15) is 54.6 Å². The summed E-state index contributed by atoms with van der Waals surface area (Å²) in [5.41, 5.74) is 1.46. The Morgan fingerprint density at radius 2 is 1.94 bits per heavy atom. The lowest BCUT2D eigenvalue weighted by Crippen LogP contribution is -2.46. The Kier molecular flexibility index (Phi) is 6.33. The largest absolute Gasteiger partial charge is 0.433 e. The Labute approximate surface area is 194 Å². The minimum Gasteiger partial charge on any atom is -0.327 e. The normalized spacial score (nSPS) is 20.4. The zero-order valence-electron chi connectivity index (χ0n) is 18.8. The second-order valence-electron chi connectivity index (χ2n) is 8.96. The number of alkyl halides is 3. The summed E-state index contributed by atoms with van der Waals surface area (Å²) in [6, 6.07) is 6.47. The van der Waals surface area contributed by atoms with Gasteiger partial charge in [0.05, 0.1) is 17.9 Å². The number of piperidine rings is 1. The number of carbonyl (C=O) groups is 3. The third-order valence-corrected chi connectivity index (χ3v) is 6.29. The molecule has 0 unspecified atom stereocenters. The van der Waals surface area contributed by atoms with E-state index in [0.717, 1.165) is 35.5 Å². The second kappa shape index (κ2) is 9.08. The van der Waals surface area contributed by atoms with Gasteiger partial charge in [-0.25, -0.2) is 4.98 Å². The average molecular weight is 474 g/mol. The third-order valence-electron chi connectivity index (χ3n) is 6.29. The van der Waals surface area contributed by atoms with Gasteiger partial charge in [-0.2, -0.15) is 13.2 Å². The number of aromatic nitrogens is 1. The number of hydrogen-bond donors (Lipinski definition) is 2. The van der Waals surface area contributed by atoms with Gasteiger partial charge in [-0.3, -0.25) is 14.4 Å². The zero-order chi connectivity index (χ0) is 24.6. The molecule has 1 aromatic carbocycles. The number of aryl methyl sites for hydroxylation is 2. The van der Waals surface area contributed by atoms with Crippen LogP contribution in [0.4, 0.5) is 24.5 Å². The van der Waals surface area contributed by atoms with Gasteiger partial charge in [0, 0.05) is 18.7 Å². The molecule has 2 aliphatic heterocycles. The van der Waals surface area contributed by atoms with Gasteiger partial charge in [-0.1, -0.05) is 19.1 Å². The number of likely N-dealkylation sites (tertiary alicyclic amines) is 1. The summed E-state index contributed by atoms with van der Waals surface area (Å²) in [4.78, 5) is 42.4. The van der Waals surface area contributed by atoms with Crippen LogP contribution in [0.5, 0.6) is 0 Å². The van der Waals surface area contributed by atoms with Gasteiger partial charge in [0.1, 0.15) is 5.69 Å². The molecule has 7 nitrogen and oxygen atoms in total. The summed E-state index contributed by atoms with van der Waals surface area (Å²) < 4.78 is 38.8. The number of nitrogens with zero attached hydrogens (tertiary/aromatic N) is 2. The van der Waals surface area contributed by atoms with Crippen molar-refractivity contribution >= 4 is 29.1 Å². The smallest absolute Gasteiger partial charge is 0.327 e. The molecule has 1 fully saturated rings. The number of benzene rings is 1. The number of carbonyl (C=O) groups excluding carboxylic acids is 3. The number of fused-ring (bicyclic) bond motifs is 1. The quantitative estimate of drug-likeness (QED) is 0.638. The fourth-order valence-corrected chi connectivity index (χ4v) is 4.59. The molecule has 0 radical (unpaired) electrons. The number of pyridine rings is 1. The van der Waals surface area contributed by atoms with Crippen molar-refractivity contribution in [1.82, 2.24) is 9.88 Å². The maximum Gasteiger partial charge on any atom is 0.433 e. The molecule has 2 aromatic rings. The van der Waals surface area contributed by atoms with Gasteiger partial charge in [-0.15, -0.1) is 0 Å². The molecule has 2 aliphatic rings. The Morgan fingerprint density at radius 1 is 1.18 bits per heavy atom. The highest BCUT2D eigenvalue weighted by atomic mass is 19.4. The number of nitrogens with one attached hydrogen (secondary N) is 2. The minimum atomic E-state index is -4.60. The van der Waals surface area contributed by atoms with Gasteiger partial charge >= 0.3 is 18.0 Å². The first-order valence-electron chi connectivity index (χ1n) is 11.1. The zero-order valence-corrected chi connectivity index (χ0v) is 18.8. The number of hydrogen-bond acceptors (Lipinski definition) is 4. The van der Waals surface area contributed by atoms with Crippen LogP contribution in [0.3, 0.4) is 0 Å². The lowest BCUT2D eigenvalue weighted by molar-refractivity contribution is -0.146. The Morgan fingerprint density at radius 3 is 2.65 bits per heavy atom. The summed E-state index contributed by atoms with van der Waals surface area (Å²) in [6.07, 6.45) is -1.15. The minimum absolute atomic E-state index is 0.0231. The molecule has 0 aliphatic carbocycles. The average Bonchev–Trinajstić information content (AvgIpc) is 2.77. The highest BCUT2D eigenvalue weighted by molar-refractivity contribution is 6.39. The molecular weight excluding hydrogens is 449 g/mol. The standard InChI is InChI=1S/C24H25F3N4O3/c1-13-3-7-19(16-4-6-18-15(10-16)5-8-20(32)30-18)31(12-13)23(34)22(33)29-17-9-14(2)21(28-11-17)24(25,26)27/h4,6,9-11,13,19H,3,5,7-8,12H2,1-2H3,(H,29,33)(H,30,32)/t13-,19+/m0/s1. The van der Waals surface area contributed by atoms with Crippen LogP contribution in [0.2, 0.25) is 0 Å². The van der Waals surface area contributed by atoms with Crippen molar-refractivity contribution in [2.24, 2.45) is 5.92 Å². The van der Waals surface area contributed by atoms with E-state index in [1.807, 2.05) is 25.1 Å². The van der Waals surface area contributed by atoms with Crippen molar-refractivity contribution in [3.63, 3.8) is 0 Å². The molecule has 1 saturated heterocycles. The predicted molar refractivity (Wildman–Crippen MR) is 119 cm³/mol. The van der Waals surface area contributed by atoms with E-state index in [4.69, 9.17) is 0 Å². The summed E-state index contributed by atoms with van der Waals surface area (Å²) in [7, 11) is 0. The molecule has 10 heteroatoms. The van der Waals surface area contributed by atoms with E-state index in [0.29, 0.717) is 25.8 Å². The van der Waals surface area contributed by atoms with Gasteiger partial charge < -0.3 is 15.5 Å². The molecule has 3 heterocycles. The van der Waals surface area contributed by atoms with Crippen LogP contribution in [0.25, 0.3) is 0 Å². The van der Waals surface area contributed by atoms with Crippen molar-refractivity contribution in [1.29, 1.82) is 0 Å². The van der Waals surface area contributed by atoms with Crippen molar-refractivity contribution in [3.8, 4) is 0 Å². The number of halogens is 3. The summed E-state index contributed by atoms with van der Waals surface area (Å²) >= 11 is 0. The highest BCUT2D eigenvalue weighted by Gasteiger charge is 2.36. The molecule has 0 spiro atoms. The predicted octanol–water partition coefficient (Wildman–Crippen LogP) is 4.23. The first-order valence-corrected chi connectivity index (χ1v) is 11.1. The molecule has 2 N–H and O–H groups in total. The first kappa shape index (κ1) is 23.7. The Bertz CT molecular complexity index is 1150. The van der Waals surface area contributed by atoms with Crippen LogP contribution < -0.4 is 10.6 Å². The number of rotatable bonds is 2. The van der Waals surface area contributed by atoms with Gasteiger partial charge in [0.2, 0.25) is 5.91 Å². The molecule has 4 rings (SSSR count). The van der Waals surface area contributed by atoms with Crippen molar-refractivity contribution < 1.29 is 27.6 Å². The van der Waals surface area contributed by atoms with Gasteiger partial charge in [-0.05, 0) is 60.9 Å². The lowest BCUT2D eigenvalue weighted by atomic mass is 9.88. The molecule has 34 heavy (non-hydrogen) atoms. The lowest BCUT2D eigenvalue weighted by Gasteiger charge is -2.39. The van der Waals surface area contributed by atoms with E-state index in [-0.39, 0.29) is 29.1 Å². The van der Waals surface area contributed by atoms with E-state index in [1.165, 1.54) is 11.8 Å². The number of anilines is 2. The van der Waals surface area contributed by atoms with E-state index in [2.05, 4.69) is 15.6 Å². The Balaban J connectivity index is 1.54. The summed E-state index contributed by atoms with van der Waals surface area (Å²) in [5.74, 6) is -1.52. The highest BCUT2D eigenvalue weighted by Crippen LogP contribution is 2.36. The maximum absolute atomic E-state index is 13.1. The van der Waals surface area contributed by atoms with Crippen molar-refractivity contribution in [2.75, 3.05) is 17.2 Å². The van der Waals surface area contributed by atoms with E-state index >= 15 is 0 Å². The summed E-state index contributed by atoms with van der Waals surface area (Å²) in [5, 5.41) is 5.23. The molecule has 1 aromatic heterocycles. The molecule has 3 amide bonds. The molecule has 180 valence electrons. The molecule has 0 bridgehead atoms. The van der Waals surface area contributed by atoms with Crippen LogP contribution >= 0.6 is 0 Å². The van der Waals surface area contributed by atoms with E-state index in [9.17, 15) is 27.6 Å². The van der Waals surface area contributed by atoms with E-state index < -0.39 is 23.7 Å². The van der Waals surface area contributed by atoms with Gasteiger partial charge in [0.25, 0.3) is 0 Å². The molecule has 0 saturated carbocycles. The van der Waals surface area contributed by atoms with Crippen LogP contribution in [0.15, 0.2) is 30.5 Å². The summed E-state index contributed by atoms with van der Waals surface area (Å²) in [6.45, 7) is 3.63. The van der Waals surface area contributed by atoms with E-state index in [1.54, 1.807) is 0 Å². The topological polar surface area (TPSA) is 91.4 Å². The number of amides is 3. The fourth-order valence-electron chi connectivity index (χ4n) is 4.59.